The zero-order valence-electron chi connectivity index (χ0n) is 14.3. The average molecular weight is 380 g/mol. The molecule has 3 aromatic rings. The van der Waals surface area contributed by atoms with E-state index in [2.05, 4.69) is 27.0 Å². The second kappa shape index (κ2) is 7.11. The van der Waals surface area contributed by atoms with E-state index in [1.165, 1.54) is 11.3 Å². The lowest BCUT2D eigenvalue weighted by Gasteiger charge is -2.03. The van der Waals surface area contributed by atoms with Crippen molar-refractivity contribution < 1.29 is 12.9 Å². The second-order valence-corrected chi connectivity index (χ2v) is 8.82. The van der Waals surface area contributed by atoms with Gasteiger partial charge in [-0.15, -0.1) is 11.3 Å². The molecule has 25 heavy (non-hydrogen) atoms. The van der Waals surface area contributed by atoms with E-state index < -0.39 is 10.0 Å². The van der Waals surface area contributed by atoms with Gasteiger partial charge < -0.3 is 4.52 Å². The molecule has 3 aromatic heterocycles. The van der Waals surface area contributed by atoms with Gasteiger partial charge in [0.25, 0.3) is 0 Å². The van der Waals surface area contributed by atoms with Crippen molar-refractivity contribution in [2.75, 3.05) is 0 Å². The van der Waals surface area contributed by atoms with Crippen molar-refractivity contribution in [3.05, 3.63) is 40.2 Å². The molecule has 0 radical (unpaired) electrons. The topological polar surface area (TPSA) is 101 Å². The van der Waals surface area contributed by atoms with Crippen LogP contribution in [0, 0.1) is 13.8 Å². The van der Waals surface area contributed by atoms with Gasteiger partial charge >= 0.3 is 0 Å². The number of hydrogen-bond acceptors (Lipinski definition) is 6. The van der Waals surface area contributed by atoms with Crippen LogP contribution in [0.3, 0.4) is 0 Å². The Kier molecular flexibility index (Phi) is 5.07. The van der Waals surface area contributed by atoms with Gasteiger partial charge in [0.15, 0.2) is 5.76 Å². The third kappa shape index (κ3) is 4.00. The van der Waals surface area contributed by atoms with Crippen LogP contribution >= 0.6 is 11.3 Å². The summed E-state index contributed by atoms with van der Waals surface area (Å²) < 4.78 is 33.0. The predicted octanol–water partition coefficient (Wildman–Crippen LogP) is 3.17. The maximum atomic E-state index is 12.6. The molecule has 3 rings (SSSR count). The smallest absolute Gasteiger partial charge is 0.242 e. The molecule has 0 aliphatic rings. The van der Waals surface area contributed by atoms with Crippen LogP contribution in [0.2, 0.25) is 0 Å². The molecular formula is C16H20N4O3S2. The molecule has 2 N–H and O–H groups in total. The van der Waals surface area contributed by atoms with E-state index in [1.807, 2.05) is 13.0 Å². The Bertz CT molecular complexity index is 969. The normalized spacial score (nSPS) is 12.0. The van der Waals surface area contributed by atoms with Gasteiger partial charge in [-0.1, -0.05) is 18.5 Å². The molecule has 3 heterocycles. The van der Waals surface area contributed by atoms with Crippen LogP contribution in [0.1, 0.15) is 35.4 Å². The molecular weight excluding hydrogens is 360 g/mol. The molecule has 0 saturated carbocycles. The lowest BCUT2D eigenvalue weighted by molar-refractivity contribution is 0.374. The van der Waals surface area contributed by atoms with Crippen molar-refractivity contribution in [2.24, 2.45) is 0 Å². The summed E-state index contributed by atoms with van der Waals surface area (Å²) in [6.07, 6.45) is 1.77. The Labute approximate surface area is 150 Å². The highest BCUT2D eigenvalue weighted by atomic mass is 32.2. The summed E-state index contributed by atoms with van der Waals surface area (Å²) in [6, 6.07) is 5.32. The minimum atomic E-state index is -3.64. The van der Waals surface area contributed by atoms with Crippen LogP contribution in [0.5, 0.6) is 0 Å². The number of thiophene rings is 1. The Hall–Kier alpha value is -1.97. The summed E-state index contributed by atoms with van der Waals surface area (Å²) in [5.41, 5.74) is 2.50. The van der Waals surface area contributed by atoms with Gasteiger partial charge in [-0.25, -0.2) is 13.1 Å². The van der Waals surface area contributed by atoms with E-state index in [1.54, 1.807) is 19.1 Å². The summed E-state index contributed by atoms with van der Waals surface area (Å²) in [4.78, 5) is 1.79. The number of nitrogens with one attached hydrogen (secondary N) is 2. The summed E-state index contributed by atoms with van der Waals surface area (Å²) in [7, 11) is -3.64. The molecule has 0 unspecified atom stereocenters. The fourth-order valence-electron chi connectivity index (χ4n) is 2.46. The number of H-pyrrole nitrogens is 1. The fraction of sp³-hybridized carbons (Fsp3) is 0.375. The summed E-state index contributed by atoms with van der Waals surface area (Å²) in [5.74, 6) is 0.503. The molecule has 7 nitrogen and oxygen atoms in total. The molecule has 0 amide bonds. The lowest BCUT2D eigenvalue weighted by Crippen LogP contribution is -2.23. The highest BCUT2D eigenvalue weighted by Crippen LogP contribution is 2.32. The zero-order chi connectivity index (χ0) is 18.0. The first-order chi connectivity index (χ1) is 11.9. The lowest BCUT2D eigenvalue weighted by atomic mass is 10.2. The van der Waals surface area contributed by atoms with Gasteiger partial charge in [0.2, 0.25) is 10.0 Å². The quantitative estimate of drug-likeness (QED) is 0.656. The van der Waals surface area contributed by atoms with Gasteiger partial charge in [-0.3, -0.25) is 5.10 Å². The van der Waals surface area contributed by atoms with Crippen molar-refractivity contribution in [3.8, 4) is 10.6 Å². The molecule has 134 valence electrons. The van der Waals surface area contributed by atoms with Crippen molar-refractivity contribution in [3.63, 3.8) is 0 Å². The summed E-state index contributed by atoms with van der Waals surface area (Å²) in [5, 5.41) is 11.0. The Morgan fingerprint density at radius 3 is 2.76 bits per heavy atom. The molecule has 0 atom stereocenters. The van der Waals surface area contributed by atoms with Crippen molar-refractivity contribution in [1.82, 2.24) is 20.1 Å². The number of aromatic amines is 1. The summed E-state index contributed by atoms with van der Waals surface area (Å²) in [6.45, 7) is 5.82. The van der Waals surface area contributed by atoms with Gasteiger partial charge in [0.05, 0.1) is 22.0 Å². The Morgan fingerprint density at radius 2 is 2.08 bits per heavy atom. The van der Waals surface area contributed by atoms with Crippen LogP contribution in [0.15, 0.2) is 27.6 Å². The van der Waals surface area contributed by atoms with Crippen LogP contribution in [0.4, 0.5) is 0 Å². The van der Waals surface area contributed by atoms with E-state index >= 15 is 0 Å². The molecule has 0 aromatic carbocycles. The third-order valence-electron chi connectivity index (χ3n) is 3.67. The van der Waals surface area contributed by atoms with E-state index in [0.29, 0.717) is 10.6 Å². The minimum Gasteiger partial charge on any atom is -0.360 e. The monoisotopic (exact) mass is 380 g/mol. The first-order valence-corrected chi connectivity index (χ1v) is 10.3. The maximum absolute atomic E-state index is 12.6. The van der Waals surface area contributed by atoms with Crippen molar-refractivity contribution >= 4 is 21.4 Å². The van der Waals surface area contributed by atoms with Crippen LogP contribution < -0.4 is 4.72 Å². The van der Waals surface area contributed by atoms with E-state index in [-0.39, 0.29) is 11.4 Å². The minimum absolute atomic E-state index is 0.0746. The molecule has 0 aliphatic heterocycles. The van der Waals surface area contributed by atoms with E-state index in [9.17, 15) is 8.42 Å². The Morgan fingerprint density at radius 1 is 1.28 bits per heavy atom. The van der Waals surface area contributed by atoms with Gasteiger partial charge in [0.1, 0.15) is 5.69 Å². The molecule has 0 saturated heterocycles. The number of sulfonamides is 1. The zero-order valence-corrected chi connectivity index (χ0v) is 15.9. The SMILES string of the molecule is CCCc1cc(CNS(=O)(=O)c2cc(-c3cc(C)[nH]n3)sc2C)on1. The number of rotatable bonds is 7. The standard InChI is InChI=1S/C16H20N4O3S2/c1-4-5-12-7-13(23-20-12)9-17-25(21,22)16-8-15(24-11(16)3)14-6-10(2)18-19-14/h6-8,17H,4-5,9H2,1-3H3,(H,18,19). The largest absolute Gasteiger partial charge is 0.360 e. The predicted molar refractivity (Wildman–Crippen MR) is 95.9 cm³/mol. The molecule has 0 bridgehead atoms. The van der Waals surface area contributed by atoms with Gasteiger partial charge in [-0.2, -0.15) is 5.10 Å². The Balaban J connectivity index is 1.76. The first kappa shape index (κ1) is 17.8. The molecule has 0 aliphatic carbocycles. The van der Waals surface area contributed by atoms with Crippen molar-refractivity contribution in [2.45, 2.75) is 45.1 Å². The molecule has 0 fully saturated rings. The van der Waals surface area contributed by atoms with Gasteiger partial charge in [0, 0.05) is 16.6 Å². The van der Waals surface area contributed by atoms with Crippen LogP contribution in [-0.2, 0) is 23.0 Å². The highest BCUT2D eigenvalue weighted by molar-refractivity contribution is 7.89. The second-order valence-electron chi connectivity index (χ2n) is 5.83. The van der Waals surface area contributed by atoms with Crippen LogP contribution in [0.25, 0.3) is 10.6 Å². The van der Waals surface area contributed by atoms with Gasteiger partial charge in [-0.05, 0) is 32.4 Å². The molecule has 0 spiro atoms. The number of aryl methyl sites for hydroxylation is 3. The van der Waals surface area contributed by atoms with Crippen molar-refractivity contribution in [1.29, 1.82) is 0 Å². The maximum Gasteiger partial charge on any atom is 0.242 e. The number of nitrogens with zero attached hydrogens (tertiary/aromatic N) is 2. The average Bonchev–Trinajstić information content (AvgIpc) is 3.26. The first-order valence-electron chi connectivity index (χ1n) is 7.96. The third-order valence-corrected chi connectivity index (χ3v) is 6.40. The van der Waals surface area contributed by atoms with E-state index in [4.69, 9.17) is 4.52 Å². The number of aromatic nitrogens is 3. The fourth-order valence-corrected chi connectivity index (χ4v) is 5.00. The van der Waals surface area contributed by atoms with Crippen LogP contribution in [-0.4, -0.2) is 23.8 Å². The molecule has 9 heteroatoms. The summed E-state index contributed by atoms with van der Waals surface area (Å²) >= 11 is 1.40. The number of hydrogen-bond donors (Lipinski definition) is 2. The highest BCUT2D eigenvalue weighted by Gasteiger charge is 2.21. The van der Waals surface area contributed by atoms with E-state index in [0.717, 1.165) is 34.8 Å².